The monoisotopic (exact) mass is 366 g/mol. The summed E-state index contributed by atoms with van der Waals surface area (Å²) in [6, 6.07) is 17.6. The fourth-order valence-electron chi connectivity index (χ4n) is 3.79. The zero-order chi connectivity index (χ0) is 18.9. The Kier molecular flexibility index (Phi) is 4.05. The molecule has 0 saturated heterocycles. The van der Waals surface area contributed by atoms with Gasteiger partial charge in [-0.05, 0) is 30.9 Å². The molecule has 5 nitrogen and oxygen atoms in total. The van der Waals surface area contributed by atoms with Crippen LogP contribution in [-0.4, -0.2) is 20.9 Å². The molecule has 0 spiro atoms. The number of anilines is 1. The van der Waals surface area contributed by atoms with E-state index in [0.717, 1.165) is 52.5 Å². The number of rotatable bonds is 3. The zero-order valence-electron chi connectivity index (χ0n) is 15.2. The van der Waals surface area contributed by atoms with E-state index in [0.29, 0.717) is 11.5 Å². The van der Waals surface area contributed by atoms with Gasteiger partial charge in [-0.25, -0.2) is 9.97 Å². The Morgan fingerprint density at radius 3 is 2.46 bits per heavy atom. The second-order valence-corrected chi connectivity index (χ2v) is 6.90. The van der Waals surface area contributed by atoms with Gasteiger partial charge < -0.3 is 5.32 Å². The molecule has 2 heterocycles. The second kappa shape index (κ2) is 6.85. The summed E-state index contributed by atoms with van der Waals surface area (Å²) >= 11 is 0. The number of aromatic nitrogens is 3. The molecule has 0 fully saturated rings. The molecule has 0 unspecified atom stereocenters. The van der Waals surface area contributed by atoms with E-state index in [1.165, 1.54) is 0 Å². The van der Waals surface area contributed by atoms with Gasteiger partial charge in [0.05, 0.1) is 29.2 Å². The summed E-state index contributed by atoms with van der Waals surface area (Å²) in [7, 11) is 0. The smallest absolute Gasteiger partial charge is 0.256 e. The summed E-state index contributed by atoms with van der Waals surface area (Å²) in [5, 5.41) is 3.86. The number of nitrogens with zero attached hydrogens (tertiary/aromatic N) is 3. The van der Waals surface area contributed by atoms with Gasteiger partial charge in [0.1, 0.15) is 0 Å². The minimum atomic E-state index is -0.132. The van der Waals surface area contributed by atoms with Crippen molar-refractivity contribution in [2.45, 2.75) is 19.3 Å². The molecule has 2 aromatic heterocycles. The lowest BCUT2D eigenvalue weighted by Crippen LogP contribution is -2.16. The number of hydrogen-bond donors (Lipinski definition) is 1. The molecule has 4 aromatic rings. The maximum Gasteiger partial charge on any atom is 0.256 e. The van der Waals surface area contributed by atoms with Gasteiger partial charge in [0.25, 0.3) is 5.91 Å². The highest BCUT2D eigenvalue weighted by molar-refractivity contribution is 6.13. The fraction of sp³-hybridized carbons (Fsp3) is 0.130. The van der Waals surface area contributed by atoms with Crippen LogP contribution in [0.25, 0.3) is 22.3 Å². The summed E-state index contributed by atoms with van der Waals surface area (Å²) in [6.45, 7) is 0. The Bertz CT molecular complexity index is 1170. The number of fused-ring (bicyclic) bond motifs is 2. The van der Waals surface area contributed by atoms with Gasteiger partial charge >= 0.3 is 0 Å². The quantitative estimate of drug-likeness (QED) is 0.582. The summed E-state index contributed by atoms with van der Waals surface area (Å²) in [5.74, 6) is 0.502. The summed E-state index contributed by atoms with van der Waals surface area (Å²) in [6.07, 6.45) is 6.15. The number of amides is 1. The maximum absolute atomic E-state index is 13.1. The summed E-state index contributed by atoms with van der Waals surface area (Å²) in [4.78, 5) is 26.7. The van der Waals surface area contributed by atoms with Crippen LogP contribution in [0.4, 0.5) is 5.69 Å². The highest BCUT2D eigenvalue weighted by Crippen LogP contribution is 2.30. The first kappa shape index (κ1) is 16.6. The molecule has 0 atom stereocenters. The minimum Gasteiger partial charge on any atom is -0.319 e. The van der Waals surface area contributed by atoms with E-state index in [1.54, 1.807) is 12.4 Å². The molecule has 1 N–H and O–H groups in total. The van der Waals surface area contributed by atoms with E-state index in [-0.39, 0.29) is 5.91 Å². The van der Waals surface area contributed by atoms with Crippen LogP contribution in [0.1, 0.15) is 28.0 Å². The Morgan fingerprint density at radius 2 is 1.64 bits per heavy atom. The molecule has 1 aliphatic carbocycles. The van der Waals surface area contributed by atoms with Crippen LogP contribution in [0.2, 0.25) is 0 Å². The van der Waals surface area contributed by atoms with Crippen molar-refractivity contribution in [2.75, 3.05) is 5.32 Å². The number of aryl methyl sites for hydroxylation is 1. The Hall–Kier alpha value is -3.60. The summed E-state index contributed by atoms with van der Waals surface area (Å²) < 4.78 is 0. The van der Waals surface area contributed by atoms with E-state index in [9.17, 15) is 4.79 Å². The molecule has 0 bridgehead atoms. The molecule has 28 heavy (non-hydrogen) atoms. The van der Waals surface area contributed by atoms with Crippen molar-refractivity contribution < 1.29 is 4.79 Å². The number of nitrogens with one attached hydrogen (secondary N) is 1. The van der Waals surface area contributed by atoms with E-state index >= 15 is 0 Å². The number of benzene rings is 2. The third-order valence-electron chi connectivity index (χ3n) is 5.09. The van der Waals surface area contributed by atoms with E-state index < -0.39 is 0 Å². The van der Waals surface area contributed by atoms with Crippen LogP contribution in [0.15, 0.2) is 67.0 Å². The van der Waals surface area contributed by atoms with Crippen LogP contribution < -0.4 is 5.32 Å². The average molecular weight is 366 g/mol. The van der Waals surface area contributed by atoms with E-state index in [4.69, 9.17) is 4.98 Å². The number of carbonyl (C=O) groups excluding carboxylic acids is 1. The second-order valence-electron chi connectivity index (χ2n) is 6.90. The lowest BCUT2D eigenvalue weighted by Gasteiger charge is -2.12. The van der Waals surface area contributed by atoms with Crippen molar-refractivity contribution in [2.24, 2.45) is 0 Å². The van der Waals surface area contributed by atoms with Gasteiger partial charge in [-0.3, -0.25) is 9.78 Å². The van der Waals surface area contributed by atoms with Crippen LogP contribution in [0.3, 0.4) is 0 Å². The molecule has 5 heteroatoms. The molecule has 5 rings (SSSR count). The van der Waals surface area contributed by atoms with Gasteiger partial charge in [0.15, 0.2) is 5.82 Å². The van der Waals surface area contributed by atoms with Crippen molar-refractivity contribution in [3.05, 3.63) is 83.8 Å². The molecular weight excluding hydrogens is 348 g/mol. The zero-order valence-corrected chi connectivity index (χ0v) is 15.2. The van der Waals surface area contributed by atoms with Crippen LogP contribution in [0, 0.1) is 0 Å². The van der Waals surface area contributed by atoms with Crippen LogP contribution >= 0.6 is 0 Å². The first-order chi connectivity index (χ1) is 13.8. The normalized spacial score (nSPS) is 12.7. The van der Waals surface area contributed by atoms with Crippen LogP contribution in [-0.2, 0) is 12.8 Å². The van der Waals surface area contributed by atoms with Crippen molar-refractivity contribution in [1.82, 2.24) is 15.0 Å². The average Bonchev–Trinajstić information content (AvgIpc) is 3.21. The van der Waals surface area contributed by atoms with Gasteiger partial charge in [-0.1, -0.05) is 48.5 Å². The van der Waals surface area contributed by atoms with E-state index in [2.05, 4.69) is 15.3 Å². The number of para-hydroxylation sites is 1. The van der Waals surface area contributed by atoms with Gasteiger partial charge in [0, 0.05) is 16.6 Å². The number of carbonyl (C=O) groups is 1. The minimum absolute atomic E-state index is 0.132. The molecule has 0 radical (unpaired) electrons. The largest absolute Gasteiger partial charge is 0.319 e. The standard InChI is InChI=1S/C23H18N4O/c28-23(26-16-13-24-22(25-14-16)15-7-2-1-3-8-15)21-17-9-4-5-11-19(17)27-20-12-6-10-18(20)21/h1-5,7-9,11,13-14H,6,10,12H2,(H,26,28). The van der Waals surface area contributed by atoms with Crippen molar-refractivity contribution in [3.63, 3.8) is 0 Å². The van der Waals surface area contributed by atoms with Crippen LogP contribution in [0.5, 0.6) is 0 Å². The maximum atomic E-state index is 13.1. The van der Waals surface area contributed by atoms with Crippen molar-refractivity contribution in [3.8, 4) is 11.4 Å². The van der Waals surface area contributed by atoms with Gasteiger partial charge in [0.2, 0.25) is 0 Å². The van der Waals surface area contributed by atoms with Crippen molar-refractivity contribution in [1.29, 1.82) is 0 Å². The van der Waals surface area contributed by atoms with Gasteiger partial charge in [-0.2, -0.15) is 0 Å². The Labute approximate surface area is 162 Å². The molecule has 2 aromatic carbocycles. The van der Waals surface area contributed by atoms with E-state index in [1.807, 2.05) is 54.6 Å². The predicted molar refractivity (Wildman–Crippen MR) is 109 cm³/mol. The first-order valence-electron chi connectivity index (χ1n) is 9.39. The lowest BCUT2D eigenvalue weighted by atomic mass is 10.0. The third-order valence-corrected chi connectivity index (χ3v) is 5.09. The van der Waals surface area contributed by atoms with Gasteiger partial charge in [-0.15, -0.1) is 0 Å². The third kappa shape index (κ3) is 2.91. The molecule has 1 aliphatic rings. The fourth-order valence-corrected chi connectivity index (χ4v) is 3.79. The highest BCUT2D eigenvalue weighted by Gasteiger charge is 2.23. The van der Waals surface area contributed by atoms with Crippen molar-refractivity contribution >= 4 is 22.5 Å². The molecular formula is C23H18N4O. The molecule has 0 saturated carbocycles. The number of hydrogen-bond acceptors (Lipinski definition) is 4. The molecule has 136 valence electrons. The highest BCUT2D eigenvalue weighted by atomic mass is 16.1. The SMILES string of the molecule is O=C(Nc1cnc(-c2ccccc2)nc1)c1c2c(nc3ccccc13)CCC2. The number of pyridine rings is 1. The Balaban J connectivity index is 1.48. The predicted octanol–water partition coefficient (Wildman–Crippen LogP) is 4.43. The lowest BCUT2D eigenvalue weighted by molar-refractivity contribution is 0.102. The topological polar surface area (TPSA) is 67.8 Å². The summed E-state index contributed by atoms with van der Waals surface area (Å²) in [5.41, 5.74) is 5.22. The Morgan fingerprint density at radius 1 is 0.893 bits per heavy atom. The first-order valence-corrected chi connectivity index (χ1v) is 9.39. The molecule has 1 amide bonds. The molecule has 0 aliphatic heterocycles.